The van der Waals surface area contributed by atoms with Crippen molar-refractivity contribution >= 4 is 21.9 Å². The smallest absolute Gasteiger partial charge is 0.324 e. The van der Waals surface area contributed by atoms with Crippen LogP contribution in [0.2, 0.25) is 0 Å². The topological polar surface area (TPSA) is 60.4 Å². The molecule has 0 atom stereocenters. The minimum absolute atomic E-state index is 0.174. The number of thiol groups is 1. The fourth-order valence-electron chi connectivity index (χ4n) is 0.503. The summed E-state index contributed by atoms with van der Waals surface area (Å²) in [5.41, 5.74) is 0. The Morgan fingerprint density at radius 2 is 1.82 bits per heavy atom. The van der Waals surface area contributed by atoms with E-state index in [1.807, 2.05) is 0 Å². The molecule has 5 heteroatoms. The second kappa shape index (κ2) is 3.61. The van der Waals surface area contributed by atoms with Crippen LogP contribution >= 0.6 is 0 Å². The highest BCUT2D eigenvalue weighted by atomic mass is 32.2. The molecule has 0 aromatic carbocycles. The van der Waals surface area contributed by atoms with Crippen molar-refractivity contribution in [1.29, 1.82) is 0 Å². The third kappa shape index (κ3) is 7.18. The van der Waals surface area contributed by atoms with E-state index >= 15 is 0 Å². The number of carbonyl (C=O) groups excluding carboxylic acids is 2. The highest BCUT2D eigenvalue weighted by Gasteiger charge is 2.11. The first kappa shape index (κ1) is 10.3. The van der Waals surface area contributed by atoms with Crippen LogP contribution in [0.15, 0.2) is 0 Å². The van der Waals surface area contributed by atoms with Crippen LogP contribution in [0.3, 0.4) is 0 Å². The van der Waals surface area contributed by atoms with Crippen molar-refractivity contribution in [2.75, 3.05) is 18.3 Å². The molecule has 0 unspecified atom stereocenters. The predicted molar refractivity (Wildman–Crippen MR) is 43.0 cm³/mol. The summed E-state index contributed by atoms with van der Waals surface area (Å²) in [6.07, 6.45) is 2.93. The predicted octanol–water partition coefficient (Wildman–Crippen LogP) is -0.648. The van der Waals surface area contributed by atoms with Gasteiger partial charge in [0.1, 0.15) is 0 Å². The van der Waals surface area contributed by atoms with E-state index in [2.05, 4.69) is 4.74 Å². The van der Waals surface area contributed by atoms with Crippen molar-refractivity contribution in [2.24, 2.45) is 0 Å². The molecule has 0 saturated heterocycles. The van der Waals surface area contributed by atoms with Gasteiger partial charge in [-0.05, 0) is 12.5 Å². The molecule has 0 spiro atoms. The van der Waals surface area contributed by atoms with E-state index in [1.165, 1.54) is 12.5 Å². The van der Waals surface area contributed by atoms with Gasteiger partial charge in [0.2, 0.25) is 0 Å². The van der Waals surface area contributed by atoms with Crippen molar-refractivity contribution in [3.63, 3.8) is 0 Å². The molecule has 0 aromatic heterocycles. The second-order valence-corrected chi connectivity index (χ2v) is 6.16. The van der Waals surface area contributed by atoms with Crippen molar-refractivity contribution in [2.45, 2.75) is 6.92 Å². The number of rotatable bonds is 2. The zero-order valence-corrected chi connectivity index (χ0v) is 7.68. The van der Waals surface area contributed by atoms with Gasteiger partial charge in [-0.15, -0.1) is 0 Å². The van der Waals surface area contributed by atoms with Crippen LogP contribution in [0.1, 0.15) is 6.92 Å². The zero-order valence-electron chi connectivity index (χ0n) is 6.79. The van der Waals surface area contributed by atoms with E-state index in [0.717, 1.165) is 6.92 Å². The van der Waals surface area contributed by atoms with Crippen molar-refractivity contribution in [3.8, 4) is 0 Å². The van der Waals surface area contributed by atoms with E-state index in [9.17, 15) is 13.8 Å². The maximum atomic E-state index is 11.0. The molecule has 66 valence electrons. The van der Waals surface area contributed by atoms with Crippen molar-refractivity contribution < 1.29 is 18.5 Å². The molecule has 0 fully saturated rings. The molecular weight excluding hydrogens is 168 g/mol. The lowest BCUT2D eigenvalue weighted by atomic mass is 10.7. The van der Waals surface area contributed by atoms with Crippen LogP contribution in [0.25, 0.3) is 0 Å². The second-order valence-electron chi connectivity index (χ2n) is 2.70. The maximum absolute atomic E-state index is 11.0. The molecule has 0 bridgehead atoms. The first-order chi connectivity index (χ1) is 4.81. The van der Waals surface area contributed by atoms with Crippen LogP contribution in [-0.2, 0) is 24.3 Å². The number of ether oxygens (including phenoxy) is 1. The first-order valence-corrected chi connectivity index (χ1v) is 5.85. The molecule has 0 N–H and O–H groups in total. The summed E-state index contributed by atoms with van der Waals surface area (Å²) in [7, 11) is -2.40. The highest BCUT2D eigenvalue weighted by Crippen LogP contribution is 1.93. The van der Waals surface area contributed by atoms with Gasteiger partial charge in [0.05, 0.1) is 5.75 Å². The van der Waals surface area contributed by atoms with Crippen LogP contribution in [-0.4, -0.2) is 34.4 Å². The molecule has 4 nitrogen and oxygen atoms in total. The molecule has 0 radical (unpaired) electrons. The standard InChI is InChI=1S/C6H12O4S/c1-5(7)10-6(8)4-11(2,3)9/h11H,4H2,1-3H3. The van der Waals surface area contributed by atoms with Crippen LogP contribution < -0.4 is 0 Å². The molecule has 11 heavy (non-hydrogen) atoms. The largest absolute Gasteiger partial charge is 0.393 e. The Morgan fingerprint density at radius 1 is 1.36 bits per heavy atom. The Hall–Kier alpha value is -0.710. The minimum Gasteiger partial charge on any atom is -0.393 e. The summed E-state index contributed by atoms with van der Waals surface area (Å²) in [5, 5.41) is 0. The Labute approximate surface area is 66.3 Å². The third-order valence-electron chi connectivity index (χ3n) is 0.767. The Balaban J connectivity index is 3.90. The van der Waals surface area contributed by atoms with Crippen LogP contribution in [0.4, 0.5) is 0 Å². The SMILES string of the molecule is CC(=O)OC(=O)C[SH](C)(C)=O. The molecule has 0 aliphatic heterocycles. The quantitative estimate of drug-likeness (QED) is 0.348. The van der Waals surface area contributed by atoms with Crippen molar-refractivity contribution in [1.82, 2.24) is 0 Å². The average Bonchev–Trinajstić information content (AvgIpc) is 1.53. The number of hydrogen-bond donors (Lipinski definition) is 1. The van der Waals surface area contributed by atoms with Gasteiger partial charge in [0.15, 0.2) is 0 Å². The molecule has 0 amide bonds. The Bertz CT molecular complexity index is 215. The first-order valence-electron chi connectivity index (χ1n) is 3.06. The fourth-order valence-corrected chi connectivity index (χ4v) is 1.19. The number of hydrogen-bond acceptors (Lipinski definition) is 4. The van der Waals surface area contributed by atoms with Gasteiger partial charge < -0.3 is 4.74 Å². The molecule has 0 aromatic rings. The summed E-state index contributed by atoms with van der Waals surface area (Å²) in [6, 6.07) is 0. The molecule has 0 saturated carbocycles. The van der Waals surface area contributed by atoms with Gasteiger partial charge >= 0.3 is 11.9 Å². The summed E-state index contributed by atoms with van der Waals surface area (Å²) >= 11 is 0. The number of carbonyl (C=O) groups is 2. The third-order valence-corrected chi connectivity index (χ3v) is 1.79. The van der Waals surface area contributed by atoms with E-state index in [0.29, 0.717) is 0 Å². The lowest BCUT2D eigenvalue weighted by molar-refractivity contribution is -0.156. The van der Waals surface area contributed by atoms with E-state index in [1.54, 1.807) is 0 Å². The van der Waals surface area contributed by atoms with Gasteiger partial charge in [-0.25, -0.2) is 0 Å². The van der Waals surface area contributed by atoms with Crippen molar-refractivity contribution in [3.05, 3.63) is 0 Å². The van der Waals surface area contributed by atoms with Gasteiger partial charge in [0.25, 0.3) is 0 Å². The lowest BCUT2D eigenvalue weighted by Crippen LogP contribution is -2.23. The monoisotopic (exact) mass is 180 g/mol. The molecule has 0 rings (SSSR count). The molecule has 0 heterocycles. The summed E-state index contributed by atoms with van der Waals surface area (Å²) in [6.45, 7) is 1.13. The molecular formula is C6H12O4S. The van der Waals surface area contributed by atoms with Gasteiger partial charge in [-0.3, -0.25) is 13.8 Å². The van der Waals surface area contributed by atoms with Gasteiger partial charge in [0, 0.05) is 6.92 Å². The Morgan fingerprint density at radius 3 is 2.09 bits per heavy atom. The highest BCUT2D eigenvalue weighted by molar-refractivity contribution is 8.02. The Kier molecular flexibility index (Phi) is 3.38. The fraction of sp³-hybridized carbons (Fsp3) is 0.667. The van der Waals surface area contributed by atoms with Gasteiger partial charge in [-0.2, -0.15) is 0 Å². The lowest BCUT2D eigenvalue weighted by Gasteiger charge is -2.08. The number of esters is 2. The normalized spacial score (nSPS) is 12.3. The van der Waals surface area contributed by atoms with E-state index in [-0.39, 0.29) is 5.75 Å². The molecule has 0 aliphatic rings. The maximum Gasteiger partial charge on any atom is 0.324 e. The minimum atomic E-state index is -2.40. The molecule has 0 aliphatic carbocycles. The van der Waals surface area contributed by atoms with Crippen LogP contribution in [0, 0.1) is 0 Å². The zero-order chi connectivity index (χ0) is 9.07. The summed E-state index contributed by atoms with van der Waals surface area (Å²) in [4.78, 5) is 20.9. The summed E-state index contributed by atoms with van der Waals surface area (Å²) < 4.78 is 15.2. The summed E-state index contributed by atoms with van der Waals surface area (Å²) in [5.74, 6) is -1.55. The van der Waals surface area contributed by atoms with E-state index < -0.39 is 21.9 Å². The van der Waals surface area contributed by atoms with Crippen LogP contribution in [0.5, 0.6) is 0 Å². The van der Waals surface area contributed by atoms with E-state index in [4.69, 9.17) is 0 Å². The van der Waals surface area contributed by atoms with Gasteiger partial charge in [-0.1, -0.05) is 9.93 Å². The average molecular weight is 180 g/mol.